The molecule has 2 rings (SSSR count). The third-order valence-corrected chi connectivity index (χ3v) is 5.17. The van der Waals surface area contributed by atoms with Crippen molar-refractivity contribution in [1.82, 2.24) is 25.0 Å². The molecule has 1 aliphatic rings. The zero-order chi connectivity index (χ0) is 18.6. The molecule has 1 N–H and O–H groups in total. The summed E-state index contributed by atoms with van der Waals surface area (Å²) >= 11 is 0. The average Bonchev–Trinajstić information content (AvgIpc) is 3.11. The van der Waals surface area contributed by atoms with Gasteiger partial charge in [0.2, 0.25) is 0 Å². The lowest BCUT2D eigenvalue weighted by Gasteiger charge is -2.40. The van der Waals surface area contributed by atoms with Gasteiger partial charge in [-0.05, 0) is 40.0 Å². The highest BCUT2D eigenvalue weighted by Gasteiger charge is 2.32. The van der Waals surface area contributed by atoms with E-state index in [2.05, 4.69) is 36.0 Å². The fourth-order valence-corrected chi connectivity index (χ4v) is 2.80. The summed E-state index contributed by atoms with van der Waals surface area (Å²) in [4.78, 5) is 32.3. The van der Waals surface area contributed by atoms with Crippen LogP contribution in [-0.2, 0) is 4.74 Å². The Balaban J connectivity index is 1.93. The molecule has 0 atom stereocenters. The first-order valence-corrected chi connectivity index (χ1v) is 8.92. The number of aromatic amines is 1. The molecule has 0 radical (unpaired) electrons. The lowest BCUT2D eigenvalue weighted by molar-refractivity contribution is 0.0512. The van der Waals surface area contributed by atoms with E-state index in [-0.39, 0.29) is 23.3 Å². The highest BCUT2D eigenvalue weighted by atomic mass is 16.5. The van der Waals surface area contributed by atoms with Crippen molar-refractivity contribution in [1.29, 1.82) is 0 Å². The van der Waals surface area contributed by atoms with Crippen molar-refractivity contribution < 1.29 is 14.3 Å². The summed E-state index contributed by atoms with van der Waals surface area (Å²) in [6.07, 6.45) is 2.49. The third kappa shape index (κ3) is 4.29. The van der Waals surface area contributed by atoms with Crippen LogP contribution in [0.25, 0.3) is 0 Å². The summed E-state index contributed by atoms with van der Waals surface area (Å²) in [5, 5.41) is 6.78. The minimum atomic E-state index is -0.513. The number of urea groups is 1. The van der Waals surface area contributed by atoms with Crippen molar-refractivity contribution in [2.45, 2.75) is 58.4 Å². The maximum absolute atomic E-state index is 12.7. The molecular weight excluding hydrogens is 322 g/mol. The number of H-pyrrole nitrogens is 1. The molecule has 0 spiro atoms. The zero-order valence-electron chi connectivity index (χ0n) is 15.8. The van der Waals surface area contributed by atoms with Gasteiger partial charge in [0, 0.05) is 31.6 Å². The van der Waals surface area contributed by atoms with Gasteiger partial charge < -0.3 is 14.5 Å². The standard InChI is InChI=1S/C17H29N5O3/c1-6-17(3,4)21(5)16(24)22-10-8-12(9-11-22)13-18-14(20-19-13)15(23)25-7-2/h12H,6-11H2,1-5H3,(H,18,19,20). The molecule has 1 aromatic heterocycles. The van der Waals surface area contributed by atoms with Crippen molar-refractivity contribution in [2.24, 2.45) is 0 Å². The van der Waals surface area contributed by atoms with Gasteiger partial charge in [0.25, 0.3) is 5.82 Å². The maximum Gasteiger partial charge on any atom is 0.378 e. The van der Waals surface area contributed by atoms with Crippen molar-refractivity contribution in [3.05, 3.63) is 11.6 Å². The Morgan fingerprint density at radius 1 is 1.32 bits per heavy atom. The van der Waals surface area contributed by atoms with Crippen LogP contribution in [0.4, 0.5) is 4.79 Å². The lowest BCUT2D eigenvalue weighted by atomic mass is 9.96. The van der Waals surface area contributed by atoms with Crippen molar-refractivity contribution in [3.63, 3.8) is 0 Å². The van der Waals surface area contributed by atoms with Gasteiger partial charge in [-0.25, -0.2) is 14.6 Å². The van der Waals surface area contributed by atoms with E-state index >= 15 is 0 Å². The van der Waals surface area contributed by atoms with E-state index in [4.69, 9.17) is 4.74 Å². The van der Waals surface area contributed by atoms with Crippen LogP contribution in [-0.4, -0.2) is 69.3 Å². The molecule has 0 saturated carbocycles. The molecule has 1 fully saturated rings. The number of nitrogens with zero attached hydrogens (tertiary/aromatic N) is 4. The topological polar surface area (TPSA) is 91.4 Å². The number of amides is 2. The summed E-state index contributed by atoms with van der Waals surface area (Å²) in [7, 11) is 1.86. The first-order valence-electron chi connectivity index (χ1n) is 8.92. The number of hydrogen-bond acceptors (Lipinski definition) is 5. The summed E-state index contributed by atoms with van der Waals surface area (Å²) in [5.74, 6) is 0.419. The van der Waals surface area contributed by atoms with Crippen LogP contribution in [0.3, 0.4) is 0 Å². The van der Waals surface area contributed by atoms with Crippen molar-refractivity contribution >= 4 is 12.0 Å². The molecule has 25 heavy (non-hydrogen) atoms. The van der Waals surface area contributed by atoms with Crippen LogP contribution in [0.2, 0.25) is 0 Å². The summed E-state index contributed by atoms with van der Waals surface area (Å²) in [6, 6.07) is 0.0649. The minimum absolute atomic E-state index is 0.0649. The van der Waals surface area contributed by atoms with Gasteiger partial charge in [-0.3, -0.25) is 5.10 Å². The average molecular weight is 351 g/mol. The second kappa shape index (κ2) is 7.84. The molecule has 8 nitrogen and oxygen atoms in total. The quantitative estimate of drug-likeness (QED) is 0.823. The highest BCUT2D eigenvalue weighted by Crippen LogP contribution is 2.27. The number of piperidine rings is 1. The van der Waals surface area contributed by atoms with Gasteiger partial charge in [0.1, 0.15) is 5.82 Å². The first-order chi connectivity index (χ1) is 11.8. The molecule has 2 amide bonds. The summed E-state index contributed by atoms with van der Waals surface area (Å²) < 4.78 is 4.90. The van der Waals surface area contributed by atoms with E-state index < -0.39 is 5.97 Å². The molecule has 140 valence electrons. The molecule has 1 saturated heterocycles. The van der Waals surface area contributed by atoms with Crippen LogP contribution in [0.15, 0.2) is 0 Å². The predicted molar refractivity (Wildman–Crippen MR) is 93.4 cm³/mol. The van der Waals surface area contributed by atoms with Gasteiger partial charge in [0.05, 0.1) is 6.61 Å². The lowest BCUT2D eigenvalue weighted by Crippen LogP contribution is -2.52. The Morgan fingerprint density at radius 3 is 2.52 bits per heavy atom. The molecule has 0 unspecified atom stereocenters. The van der Waals surface area contributed by atoms with Crippen LogP contribution in [0, 0.1) is 0 Å². The highest BCUT2D eigenvalue weighted by molar-refractivity contribution is 5.84. The van der Waals surface area contributed by atoms with E-state index in [0.717, 1.165) is 19.3 Å². The largest absolute Gasteiger partial charge is 0.460 e. The van der Waals surface area contributed by atoms with Crippen LogP contribution < -0.4 is 0 Å². The van der Waals surface area contributed by atoms with Gasteiger partial charge >= 0.3 is 12.0 Å². The Bertz CT molecular complexity index is 605. The second-order valence-electron chi connectivity index (χ2n) is 7.03. The van der Waals surface area contributed by atoms with Gasteiger partial charge in [-0.2, -0.15) is 0 Å². The van der Waals surface area contributed by atoms with E-state index in [1.165, 1.54) is 0 Å². The van der Waals surface area contributed by atoms with E-state index in [1.54, 1.807) is 6.92 Å². The van der Waals surface area contributed by atoms with E-state index in [0.29, 0.717) is 25.5 Å². The van der Waals surface area contributed by atoms with Crippen LogP contribution in [0.1, 0.15) is 69.3 Å². The molecule has 0 bridgehead atoms. The first kappa shape index (κ1) is 19.2. The second-order valence-corrected chi connectivity index (χ2v) is 7.03. The number of carbonyl (C=O) groups is 2. The molecular formula is C17H29N5O3. The van der Waals surface area contributed by atoms with Crippen molar-refractivity contribution in [2.75, 3.05) is 26.7 Å². The molecule has 8 heteroatoms. The number of hydrogen-bond donors (Lipinski definition) is 1. The predicted octanol–water partition coefficient (Wildman–Crippen LogP) is 2.40. The monoisotopic (exact) mass is 351 g/mol. The molecule has 0 aromatic carbocycles. The molecule has 2 heterocycles. The van der Waals surface area contributed by atoms with Gasteiger partial charge in [0.15, 0.2) is 0 Å². The minimum Gasteiger partial charge on any atom is -0.460 e. The molecule has 1 aliphatic heterocycles. The Morgan fingerprint density at radius 2 is 1.96 bits per heavy atom. The molecule has 1 aromatic rings. The normalized spacial score (nSPS) is 16.0. The number of nitrogens with one attached hydrogen (secondary N) is 1. The third-order valence-electron chi connectivity index (χ3n) is 5.17. The summed E-state index contributed by atoms with van der Waals surface area (Å²) in [6.45, 7) is 9.61. The number of likely N-dealkylation sites (tertiary alicyclic amines) is 1. The summed E-state index contributed by atoms with van der Waals surface area (Å²) in [5.41, 5.74) is -0.159. The van der Waals surface area contributed by atoms with Gasteiger partial charge in [-0.1, -0.05) is 6.92 Å². The molecule has 0 aliphatic carbocycles. The fraction of sp³-hybridized carbons (Fsp3) is 0.765. The van der Waals surface area contributed by atoms with Gasteiger partial charge in [-0.15, -0.1) is 5.10 Å². The van der Waals surface area contributed by atoms with Crippen molar-refractivity contribution in [3.8, 4) is 0 Å². The van der Waals surface area contributed by atoms with Crippen LogP contribution in [0.5, 0.6) is 0 Å². The number of carbonyl (C=O) groups excluding carboxylic acids is 2. The van der Waals surface area contributed by atoms with E-state index in [9.17, 15) is 9.59 Å². The number of esters is 1. The zero-order valence-corrected chi connectivity index (χ0v) is 15.8. The number of ether oxygens (including phenoxy) is 1. The number of rotatable bonds is 5. The fourth-order valence-electron chi connectivity index (χ4n) is 2.80. The Kier molecular flexibility index (Phi) is 6.02. The van der Waals surface area contributed by atoms with E-state index in [1.807, 2.05) is 16.8 Å². The van der Waals surface area contributed by atoms with Crippen LogP contribution >= 0.6 is 0 Å². The maximum atomic E-state index is 12.7. The smallest absolute Gasteiger partial charge is 0.378 e. The number of aromatic nitrogens is 3. The SMILES string of the molecule is CCOC(=O)c1n[nH]c(C2CCN(C(=O)N(C)C(C)(C)CC)CC2)n1. The Labute approximate surface area is 148 Å². The Hall–Kier alpha value is -2.12.